The van der Waals surface area contributed by atoms with Gasteiger partial charge in [0, 0.05) is 31.9 Å². The second-order valence-corrected chi connectivity index (χ2v) is 10.4. The van der Waals surface area contributed by atoms with E-state index in [4.69, 9.17) is 10.5 Å². The molecule has 152 valence electrons. The van der Waals surface area contributed by atoms with Crippen molar-refractivity contribution in [2.45, 2.75) is 16.7 Å². The summed E-state index contributed by atoms with van der Waals surface area (Å²) in [7, 11) is -6.08. The van der Waals surface area contributed by atoms with Crippen LogP contribution in [0.4, 0.5) is 5.69 Å². The maximum atomic E-state index is 13.0. The van der Waals surface area contributed by atoms with Crippen LogP contribution in [0.25, 0.3) is 0 Å². The minimum absolute atomic E-state index is 0.0631. The highest BCUT2D eigenvalue weighted by Crippen LogP contribution is 2.29. The van der Waals surface area contributed by atoms with Crippen molar-refractivity contribution < 1.29 is 21.6 Å². The number of hydrogen-bond acceptors (Lipinski definition) is 6. The number of nitrogen functional groups attached to an aromatic ring is 1. The highest BCUT2D eigenvalue weighted by Gasteiger charge is 2.35. The molecule has 0 aliphatic carbocycles. The molecule has 1 aliphatic heterocycles. The number of methoxy groups -OCH3 is 1. The number of nitrogens with zero attached hydrogens (tertiary/aromatic N) is 2. The summed E-state index contributed by atoms with van der Waals surface area (Å²) in [6.07, 6.45) is 0. The van der Waals surface area contributed by atoms with Crippen molar-refractivity contribution in [1.82, 2.24) is 8.61 Å². The van der Waals surface area contributed by atoms with E-state index < -0.39 is 20.0 Å². The average Bonchev–Trinajstić information content (AvgIpc) is 2.68. The highest BCUT2D eigenvalue weighted by atomic mass is 32.2. The number of ether oxygens (including phenoxy) is 1. The van der Waals surface area contributed by atoms with Gasteiger partial charge in [-0.1, -0.05) is 6.07 Å². The predicted molar refractivity (Wildman–Crippen MR) is 106 cm³/mol. The molecule has 0 unspecified atom stereocenters. The van der Waals surface area contributed by atoms with Gasteiger partial charge in [0.2, 0.25) is 20.0 Å². The average molecular weight is 426 g/mol. The van der Waals surface area contributed by atoms with Gasteiger partial charge in [0.15, 0.2) is 0 Å². The molecule has 1 saturated heterocycles. The molecule has 0 spiro atoms. The number of piperazine rings is 1. The van der Waals surface area contributed by atoms with Gasteiger partial charge in [-0.3, -0.25) is 0 Å². The van der Waals surface area contributed by atoms with Crippen LogP contribution in [0.1, 0.15) is 5.56 Å². The Labute approximate surface area is 165 Å². The largest absolute Gasteiger partial charge is 0.495 e. The minimum Gasteiger partial charge on any atom is -0.495 e. The Kier molecular flexibility index (Phi) is 5.67. The molecule has 2 N–H and O–H groups in total. The Hall–Kier alpha value is -2.14. The van der Waals surface area contributed by atoms with Crippen molar-refractivity contribution in [3.63, 3.8) is 0 Å². The van der Waals surface area contributed by atoms with Crippen LogP contribution in [0.5, 0.6) is 5.75 Å². The van der Waals surface area contributed by atoms with Gasteiger partial charge in [-0.05, 0) is 48.9 Å². The lowest BCUT2D eigenvalue weighted by atomic mass is 10.2. The van der Waals surface area contributed by atoms with Crippen LogP contribution in [-0.2, 0) is 20.0 Å². The van der Waals surface area contributed by atoms with E-state index in [1.165, 1.54) is 40.0 Å². The second-order valence-electron chi connectivity index (χ2n) is 6.53. The number of aryl methyl sites for hydroxylation is 1. The zero-order valence-electron chi connectivity index (χ0n) is 15.7. The predicted octanol–water partition coefficient (Wildman–Crippen LogP) is 1.28. The van der Waals surface area contributed by atoms with E-state index in [2.05, 4.69) is 0 Å². The van der Waals surface area contributed by atoms with Crippen LogP contribution in [-0.4, -0.2) is 58.7 Å². The Morgan fingerprint density at radius 2 is 1.39 bits per heavy atom. The number of sulfonamides is 2. The molecule has 1 fully saturated rings. The summed E-state index contributed by atoms with van der Waals surface area (Å²) in [5.41, 5.74) is 6.88. The van der Waals surface area contributed by atoms with Gasteiger partial charge >= 0.3 is 0 Å². The molecule has 0 aromatic heterocycles. The Balaban J connectivity index is 1.80. The molecular weight excluding hydrogens is 402 g/mol. The van der Waals surface area contributed by atoms with Crippen molar-refractivity contribution in [3.05, 3.63) is 48.0 Å². The highest BCUT2D eigenvalue weighted by molar-refractivity contribution is 7.89. The van der Waals surface area contributed by atoms with Gasteiger partial charge in [0.1, 0.15) is 10.6 Å². The van der Waals surface area contributed by atoms with Crippen LogP contribution in [0.15, 0.2) is 52.3 Å². The zero-order valence-corrected chi connectivity index (χ0v) is 17.3. The van der Waals surface area contributed by atoms with Crippen LogP contribution in [0.3, 0.4) is 0 Å². The first-order chi connectivity index (χ1) is 13.2. The molecule has 10 heteroatoms. The number of hydrogen-bond donors (Lipinski definition) is 1. The van der Waals surface area contributed by atoms with Gasteiger partial charge in [-0.25, -0.2) is 16.8 Å². The zero-order chi connectivity index (χ0) is 20.5. The number of benzene rings is 2. The van der Waals surface area contributed by atoms with E-state index >= 15 is 0 Å². The first-order valence-electron chi connectivity index (χ1n) is 8.67. The van der Waals surface area contributed by atoms with E-state index in [1.54, 1.807) is 25.1 Å². The van der Waals surface area contributed by atoms with E-state index in [0.29, 0.717) is 5.69 Å². The van der Waals surface area contributed by atoms with Crippen molar-refractivity contribution in [1.29, 1.82) is 0 Å². The summed E-state index contributed by atoms with van der Waals surface area (Å²) in [5.74, 6) is 0.266. The first-order valence-corrected chi connectivity index (χ1v) is 11.5. The lowest BCUT2D eigenvalue weighted by Crippen LogP contribution is -2.50. The molecule has 0 radical (unpaired) electrons. The Morgan fingerprint density at radius 1 is 0.857 bits per heavy atom. The summed E-state index contributed by atoms with van der Waals surface area (Å²) in [4.78, 5) is 0.225. The van der Waals surface area contributed by atoms with E-state index in [-0.39, 0.29) is 41.7 Å². The molecule has 2 aromatic rings. The van der Waals surface area contributed by atoms with Crippen LogP contribution >= 0.6 is 0 Å². The summed E-state index contributed by atoms with van der Waals surface area (Å²) in [6.45, 7) is 2.07. The Morgan fingerprint density at radius 3 is 1.93 bits per heavy atom. The topological polar surface area (TPSA) is 110 Å². The molecule has 28 heavy (non-hydrogen) atoms. The summed E-state index contributed by atoms with van der Waals surface area (Å²) in [6, 6.07) is 10.9. The monoisotopic (exact) mass is 425 g/mol. The maximum absolute atomic E-state index is 13.0. The van der Waals surface area contributed by atoms with E-state index in [9.17, 15) is 16.8 Å². The van der Waals surface area contributed by atoms with E-state index in [1.807, 2.05) is 0 Å². The van der Waals surface area contributed by atoms with Crippen molar-refractivity contribution in [3.8, 4) is 5.75 Å². The standard InChI is InChI=1S/C18H23N3O5S2/c1-14-3-8-17(26-2)18(13-14)28(24,25)21-11-9-20(10-12-21)27(22,23)16-6-4-15(19)5-7-16/h3-8,13H,9-12,19H2,1-2H3. The fourth-order valence-corrected chi connectivity index (χ4v) is 6.15. The third-order valence-electron chi connectivity index (χ3n) is 4.65. The maximum Gasteiger partial charge on any atom is 0.246 e. The van der Waals surface area contributed by atoms with E-state index in [0.717, 1.165) is 5.56 Å². The normalized spacial score (nSPS) is 16.8. The molecule has 2 aromatic carbocycles. The quantitative estimate of drug-likeness (QED) is 0.723. The fourth-order valence-electron chi connectivity index (χ4n) is 3.06. The number of nitrogens with two attached hydrogens (primary N) is 1. The Bertz CT molecular complexity index is 1060. The molecule has 0 bridgehead atoms. The van der Waals surface area contributed by atoms with Gasteiger partial charge in [0.25, 0.3) is 0 Å². The van der Waals surface area contributed by atoms with Gasteiger partial charge in [0.05, 0.1) is 12.0 Å². The lowest BCUT2D eigenvalue weighted by Gasteiger charge is -2.33. The molecule has 1 aliphatic rings. The lowest BCUT2D eigenvalue weighted by molar-refractivity contribution is 0.272. The molecule has 0 atom stereocenters. The van der Waals surface area contributed by atoms with Gasteiger partial charge in [-0.15, -0.1) is 0 Å². The molecular formula is C18H23N3O5S2. The first kappa shape index (κ1) is 20.6. The van der Waals surface area contributed by atoms with Crippen LogP contribution in [0, 0.1) is 6.92 Å². The van der Waals surface area contributed by atoms with Crippen molar-refractivity contribution in [2.24, 2.45) is 0 Å². The SMILES string of the molecule is COc1ccc(C)cc1S(=O)(=O)N1CCN(S(=O)(=O)c2ccc(N)cc2)CC1. The minimum atomic E-state index is -3.80. The smallest absolute Gasteiger partial charge is 0.246 e. The fraction of sp³-hybridized carbons (Fsp3) is 0.333. The molecule has 0 amide bonds. The van der Waals surface area contributed by atoms with Gasteiger partial charge in [-0.2, -0.15) is 8.61 Å². The second kappa shape index (κ2) is 7.70. The number of rotatable bonds is 5. The van der Waals surface area contributed by atoms with Gasteiger partial charge < -0.3 is 10.5 Å². The van der Waals surface area contributed by atoms with Crippen LogP contribution < -0.4 is 10.5 Å². The molecule has 0 saturated carbocycles. The summed E-state index contributed by atoms with van der Waals surface area (Å²) in [5, 5.41) is 0. The molecule has 3 rings (SSSR count). The van der Waals surface area contributed by atoms with Crippen molar-refractivity contribution >= 4 is 25.7 Å². The third kappa shape index (κ3) is 3.86. The van der Waals surface area contributed by atoms with Crippen molar-refractivity contribution in [2.75, 3.05) is 39.0 Å². The summed E-state index contributed by atoms with van der Waals surface area (Å²) >= 11 is 0. The summed E-state index contributed by atoms with van der Waals surface area (Å²) < 4.78 is 59.4. The molecule has 1 heterocycles. The van der Waals surface area contributed by atoms with Crippen LogP contribution in [0.2, 0.25) is 0 Å². The molecule has 8 nitrogen and oxygen atoms in total. The number of anilines is 1. The third-order valence-corrected chi connectivity index (χ3v) is 8.49.